The molecule has 2 rings (SSSR count). The molecule has 0 spiro atoms. The first kappa shape index (κ1) is 23.7. The number of hydrogen-bond acceptors (Lipinski definition) is 4. The molecule has 6 nitrogen and oxygen atoms in total. The van der Waals surface area contributed by atoms with Gasteiger partial charge in [0.05, 0.1) is 12.6 Å². The van der Waals surface area contributed by atoms with E-state index >= 15 is 0 Å². The van der Waals surface area contributed by atoms with Crippen LogP contribution in [-0.4, -0.2) is 65.5 Å². The second-order valence-corrected chi connectivity index (χ2v) is 7.41. The Bertz CT molecular complexity index is 657. The fourth-order valence-electron chi connectivity index (χ4n) is 3.42. The van der Waals surface area contributed by atoms with Crippen molar-refractivity contribution >= 4 is 41.6 Å². The maximum Gasteiger partial charge on any atom is 0.317 e. The summed E-state index contributed by atoms with van der Waals surface area (Å²) in [5, 5.41) is 12.6. The smallest absolute Gasteiger partial charge is 0.317 e. The maximum atomic E-state index is 12.7. The highest BCUT2D eigenvalue weighted by atomic mass is 35.5. The summed E-state index contributed by atoms with van der Waals surface area (Å²) in [6.07, 6.45) is 2.75. The zero-order valence-electron chi connectivity index (χ0n) is 16.1. The molecule has 27 heavy (non-hydrogen) atoms. The first-order valence-corrected chi connectivity index (χ1v) is 9.39. The van der Waals surface area contributed by atoms with Crippen LogP contribution in [0.2, 0.25) is 5.02 Å². The summed E-state index contributed by atoms with van der Waals surface area (Å²) in [6, 6.07) is 5.46. The summed E-state index contributed by atoms with van der Waals surface area (Å²) in [5.41, 5.74) is 1.60. The van der Waals surface area contributed by atoms with Gasteiger partial charge in [-0.05, 0) is 64.4 Å². The van der Waals surface area contributed by atoms with Crippen molar-refractivity contribution in [2.45, 2.75) is 45.2 Å². The van der Waals surface area contributed by atoms with Crippen LogP contribution in [0.3, 0.4) is 0 Å². The molecule has 0 aliphatic carbocycles. The van der Waals surface area contributed by atoms with Crippen LogP contribution in [0.15, 0.2) is 18.2 Å². The lowest BCUT2D eigenvalue weighted by molar-refractivity contribution is -0.138. The Morgan fingerprint density at radius 1 is 1.37 bits per heavy atom. The molecule has 1 amide bonds. The number of halogens is 2. The molecule has 1 aliphatic heterocycles. The average Bonchev–Trinajstić information content (AvgIpc) is 2.83. The van der Waals surface area contributed by atoms with Gasteiger partial charge in [-0.3, -0.25) is 19.4 Å². The average molecular weight is 418 g/mol. The van der Waals surface area contributed by atoms with Gasteiger partial charge in [0.15, 0.2) is 0 Å². The van der Waals surface area contributed by atoms with E-state index in [0.29, 0.717) is 5.02 Å². The quantitative estimate of drug-likeness (QED) is 0.742. The summed E-state index contributed by atoms with van der Waals surface area (Å²) in [6.45, 7) is 5.46. The van der Waals surface area contributed by atoms with Gasteiger partial charge >= 0.3 is 5.97 Å². The third-order valence-corrected chi connectivity index (χ3v) is 5.60. The van der Waals surface area contributed by atoms with Gasteiger partial charge in [-0.15, -0.1) is 12.4 Å². The topological polar surface area (TPSA) is 72.9 Å². The van der Waals surface area contributed by atoms with Crippen molar-refractivity contribution in [2.24, 2.45) is 0 Å². The van der Waals surface area contributed by atoms with Crippen molar-refractivity contribution in [2.75, 3.05) is 32.0 Å². The summed E-state index contributed by atoms with van der Waals surface area (Å²) in [5.74, 6) is -0.856. The second-order valence-electron chi connectivity index (χ2n) is 7.01. The number of amides is 1. The Labute approximate surface area is 172 Å². The second kappa shape index (κ2) is 10.9. The predicted octanol–water partition coefficient (Wildman–Crippen LogP) is 3.27. The van der Waals surface area contributed by atoms with E-state index < -0.39 is 5.97 Å². The third kappa shape index (κ3) is 6.64. The van der Waals surface area contributed by atoms with Gasteiger partial charge < -0.3 is 10.4 Å². The number of rotatable bonds is 6. The van der Waals surface area contributed by atoms with Gasteiger partial charge in [-0.2, -0.15) is 0 Å². The number of aliphatic carboxylic acids is 1. The molecule has 0 bridgehead atoms. The number of nitrogens with one attached hydrogen (secondary N) is 1. The highest BCUT2D eigenvalue weighted by Gasteiger charge is 2.27. The molecule has 1 aromatic rings. The van der Waals surface area contributed by atoms with Crippen LogP contribution in [0.25, 0.3) is 0 Å². The third-order valence-electron chi connectivity index (χ3n) is 5.19. The molecule has 1 aliphatic rings. The van der Waals surface area contributed by atoms with Crippen LogP contribution in [0, 0.1) is 6.92 Å². The number of anilines is 1. The lowest BCUT2D eigenvalue weighted by Crippen LogP contribution is -2.43. The first-order valence-electron chi connectivity index (χ1n) is 9.01. The molecule has 1 fully saturated rings. The lowest BCUT2D eigenvalue weighted by Gasteiger charge is -2.28. The number of hydrogen-bond donors (Lipinski definition) is 2. The molecular formula is C19H29Cl2N3O3. The number of carboxylic acids is 1. The number of likely N-dealkylation sites (tertiary alicyclic amines) is 1. The van der Waals surface area contributed by atoms with Crippen molar-refractivity contribution in [1.82, 2.24) is 9.80 Å². The van der Waals surface area contributed by atoms with Gasteiger partial charge in [0.2, 0.25) is 5.91 Å². The number of carboxylic acid groups (broad SMARTS) is 1. The van der Waals surface area contributed by atoms with E-state index in [-0.39, 0.29) is 36.9 Å². The van der Waals surface area contributed by atoms with Crippen LogP contribution < -0.4 is 5.32 Å². The zero-order chi connectivity index (χ0) is 19.3. The zero-order valence-corrected chi connectivity index (χ0v) is 17.6. The fourth-order valence-corrected chi connectivity index (χ4v) is 3.59. The van der Waals surface area contributed by atoms with E-state index in [1.165, 1.54) is 0 Å². The van der Waals surface area contributed by atoms with E-state index in [0.717, 1.165) is 43.6 Å². The summed E-state index contributed by atoms with van der Waals surface area (Å²) < 4.78 is 0. The van der Waals surface area contributed by atoms with E-state index in [1.54, 1.807) is 6.07 Å². The minimum Gasteiger partial charge on any atom is -0.480 e. The number of carbonyl (C=O) groups is 2. The molecule has 1 heterocycles. The van der Waals surface area contributed by atoms with Gasteiger partial charge in [0.1, 0.15) is 0 Å². The molecule has 8 heteroatoms. The molecule has 1 saturated heterocycles. The fraction of sp³-hybridized carbons (Fsp3) is 0.579. The van der Waals surface area contributed by atoms with Crippen LogP contribution in [0.1, 0.15) is 31.7 Å². The molecule has 0 radical (unpaired) electrons. The summed E-state index contributed by atoms with van der Waals surface area (Å²) >= 11 is 6.12. The summed E-state index contributed by atoms with van der Waals surface area (Å²) in [4.78, 5) is 27.6. The number of likely N-dealkylation sites (N-methyl/N-ethyl adjacent to an activating group) is 1. The molecule has 0 saturated carbocycles. The van der Waals surface area contributed by atoms with E-state index in [2.05, 4.69) is 10.2 Å². The van der Waals surface area contributed by atoms with Gasteiger partial charge in [-0.1, -0.05) is 17.7 Å². The van der Waals surface area contributed by atoms with Gasteiger partial charge in [-0.25, -0.2) is 0 Å². The van der Waals surface area contributed by atoms with E-state index in [9.17, 15) is 9.59 Å². The van der Waals surface area contributed by atoms with Crippen molar-refractivity contribution in [3.8, 4) is 0 Å². The predicted molar refractivity (Wildman–Crippen MR) is 111 cm³/mol. The molecule has 1 aromatic carbocycles. The first-order chi connectivity index (χ1) is 12.3. The molecule has 2 unspecified atom stereocenters. The van der Waals surface area contributed by atoms with Crippen LogP contribution in [0.5, 0.6) is 0 Å². The Kier molecular flexibility index (Phi) is 9.53. The van der Waals surface area contributed by atoms with Gasteiger partial charge in [0, 0.05) is 23.3 Å². The largest absolute Gasteiger partial charge is 0.480 e. The minimum atomic E-state index is -0.807. The summed E-state index contributed by atoms with van der Waals surface area (Å²) in [7, 11) is 1.85. The molecular weight excluding hydrogens is 389 g/mol. The Morgan fingerprint density at radius 2 is 2.07 bits per heavy atom. The van der Waals surface area contributed by atoms with Gasteiger partial charge in [0.25, 0.3) is 0 Å². The number of carbonyl (C=O) groups excluding carboxylic acids is 1. The Morgan fingerprint density at radius 3 is 2.74 bits per heavy atom. The monoisotopic (exact) mass is 417 g/mol. The maximum absolute atomic E-state index is 12.7. The molecule has 0 aromatic heterocycles. The number of benzene rings is 1. The molecule has 2 N–H and O–H groups in total. The SMILES string of the molecule is Cc1c(Cl)cccc1NC(=O)C(C)N1CCCC(N(C)CC(=O)O)CC1.Cl. The van der Waals surface area contributed by atoms with Crippen molar-refractivity contribution in [3.05, 3.63) is 28.8 Å². The van der Waals surface area contributed by atoms with Crippen molar-refractivity contribution in [1.29, 1.82) is 0 Å². The Hall–Kier alpha value is -1.34. The van der Waals surface area contributed by atoms with Crippen LogP contribution >= 0.6 is 24.0 Å². The van der Waals surface area contributed by atoms with Crippen LogP contribution in [-0.2, 0) is 9.59 Å². The van der Waals surface area contributed by atoms with Crippen molar-refractivity contribution < 1.29 is 14.7 Å². The Balaban J connectivity index is 0.00000364. The van der Waals surface area contributed by atoms with Crippen LogP contribution in [0.4, 0.5) is 5.69 Å². The number of nitrogens with zero attached hydrogens (tertiary/aromatic N) is 2. The van der Waals surface area contributed by atoms with E-state index in [4.69, 9.17) is 16.7 Å². The van der Waals surface area contributed by atoms with Crippen molar-refractivity contribution in [3.63, 3.8) is 0 Å². The normalized spacial score (nSPS) is 19.1. The standard InChI is InChI=1S/C19H28ClN3O3.ClH/c1-13-16(20)7-4-8-17(13)21-19(26)14(2)23-10-5-6-15(9-11-23)22(3)12-18(24)25;/h4,7-8,14-15H,5-6,9-12H2,1-3H3,(H,21,26)(H,24,25);1H. The molecule has 2 atom stereocenters. The minimum absolute atomic E-state index is 0. The van der Waals surface area contributed by atoms with E-state index in [1.807, 2.05) is 37.9 Å². The molecule has 152 valence electrons. The lowest BCUT2D eigenvalue weighted by atomic mass is 10.1. The highest BCUT2D eigenvalue weighted by Crippen LogP contribution is 2.24. The highest BCUT2D eigenvalue weighted by molar-refractivity contribution is 6.31.